The van der Waals surface area contributed by atoms with Gasteiger partial charge in [0.15, 0.2) is 11.5 Å². The summed E-state index contributed by atoms with van der Waals surface area (Å²) in [5.74, 6) is 1.75. The number of rotatable bonds is 5. The van der Waals surface area contributed by atoms with E-state index in [1.807, 2.05) is 25.1 Å². The molecule has 1 atom stereocenters. The molecule has 3 rings (SSSR count). The average Bonchev–Trinajstić information content (AvgIpc) is 3.12. The summed E-state index contributed by atoms with van der Waals surface area (Å²) in [6, 6.07) is 8.73. The summed E-state index contributed by atoms with van der Waals surface area (Å²) in [6.07, 6.45) is 0. The van der Waals surface area contributed by atoms with Gasteiger partial charge in [0.1, 0.15) is 10.7 Å². The van der Waals surface area contributed by atoms with Gasteiger partial charge in [0.2, 0.25) is 6.79 Å². The molecule has 2 aromatic rings. The van der Waals surface area contributed by atoms with Gasteiger partial charge in [0.05, 0.1) is 12.6 Å². The number of nitrogens with one attached hydrogen (secondary N) is 1. The second-order valence-electron chi connectivity index (χ2n) is 4.71. The zero-order valence-corrected chi connectivity index (χ0v) is 11.4. The standard InChI is InChI=1S/C14H14N2O5/c1-9(10-2-4-12-13(6-10)20-8-19-12)15-7-11-3-5-14(21-11)16(17)18/h2-6,9,15H,7-8H2,1H3. The highest BCUT2D eigenvalue weighted by atomic mass is 16.7. The summed E-state index contributed by atoms with van der Waals surface area (Å²) in [7, 11) is 0. The van der Waals surface area contributed by atoms with E-state index < -0.39 is 4.92 Å². The minimum Gasteiger partial charge on any atom is -0.454 e. The van der Waals surface area contributed by atoms with Crippen molar-refractivity contribution in [2.45, 2.75) is 19.5 Å². The first-order chi connectivity index (χ1) is 10.1. The maximum atomic E-state index is 10.5. The van der Waals surface area contributed by atoms with E-state index in [4.69, 9.17) is 13.9 Å². The van der Waals surface area contributed by atoms with Crippen molar-refractivity contribution < 1.29 is 18.8 Å². The van der Waals surface area contributed by atoms with Crippen molar-refractivity contribution in [1.82, 2.24) is 5.32 Å². The lowest BCUT2D eigenvalue weighted by Gasteiger charge is -2.13. The lowest BCUT2D eigenvalue weighted by Crippen LogP contribution is -2.17. The van der Waals surface area contributed by atoms with E-state index in [0.29, 0.717) is 12.3 Å². The second kappa shape index (κ2) is 5.45. The Morgan fingerprint density at radius 1 is 1.29 bits per heavy atom. The molecule has 0 radical (unpaired) electrons. The highest BCUT2D eigenvalue weighted by molar-refractivity contribution is 5.45. The Kier molecular flexibility index (Phi) is 3.49. The van der Waals surface area contributed by atoms with Crippen LogP contribution < -0.4 is 14.8 Å². The molecule has 2 heterocycles. The largest absolute Gasteiger partial charge is 0.454 e. The van der Waals surface area contributed by atoms with Crippen molar-refractivity contribution in [3.8, 4) is 11.5 Å². The maximum Gasteiger partial charge on any atom is 0.433 e. The number of furan rings is 1. The molecule has 7 nitrogen and oxygen atoms in total. The van der Waals surface area contributed by atoms with Crippen LogP contribution in [0.1, 0.15) is 24.3 Å². The van der Waals surface area contributed by atoms with E-state index in [9.17, 15) is 10.1 Å². The Balaban J connectivity index is 1.63. The second-order valence-corrected chi connectivity index (χ2v) is 4.71. The first-order valence-corrected chi connectivity index (χ1v) is 6.49. The number of benzene rings is 1. The van der Waals surface area contributed by atoms with Crippen molar-refractivity contribution in [3.63, 3.8) is 0 Å². The van der Waals surface area contributed by atoms with Gasteiger partial charge in [0, 0.05) is 6.04 Å². The Morgan fingerprint density at radius 3 is 2.86 bits per heavy atom. The predicted molar refractivity (Wildman–Crippen MR) is 73.2 cm³/mol. The van der Waals surface area contributed by atoms with E-state index in [1.54, 1.807) is 6.07 Å². The molecular formula is C14H14N2O5. The average molecular weight is 290 g/mol. The molecule has 1 N–H and O–H groups in total. The summed E-state index contributed by atoms with van der Waals surface area (Å²) in [5.41, 5.74) is 1.04. The third kappa shape index (κ3) is 2.82. The minimum atomic E-state index is -0.551. The highest BCUT2D eigenvalue weighted by Gasteiger charge is 2.16. The molecular weight excluding hydrogens is 276 g/mol. The van der Waals surface area contributed by atoms with Crippen LogP contribution in [0.5, 0.6) is 11.5 Å². The fourth-order valence-corrected chi connectivity index (χ4v) is 2.11. The molecule has 1 unspecified atom stereocenters. The summed E-state index contributed by atoms with van der Waals surface area (Å²) in [5, 5.41) is 13.8. The quantitative estimate of drug-likeness (QED) is 0.673. The third-order valence-electron chi connectivity index (χ3n) is 3.31. The Labute approximate surface area is 120 Å². The lowest BCUT2D eigenvalue weighted by atomic mass is 10.1. The lowest BCUT2D eigenvalue weighted by molar-refractivity contribution is -0.402. The van der Waals surface area contributed by atoms with E-state index >= 15 is 0 Å². The molecule has 7 heteroatoms. The van der Waals surface area contributed by atoms with Gasteiger partial charge in [-0.05, 0) is 30.7 Å². The van der Waals surface area contributed by atoms with E-state index in [0.717, 1.165) is 17.1 Å². The van der Waals surface area contributed by atoms with Crippen LogP contribution in [0.25, 0.3) is 0 Å². The van der Waals surface area contributed by atoms with Gasteiger partial charge in [0.25, 0.3) is 0 Å². The van der Waals surface area contributed by atoms with Gasteiger partial charge >= 0.3 is 5.88 Å². The molecule has 0 saturated heterocycles. The first kappa shape index (κ1) is 13.4. The van der Waals surface area contributed by atoms with Crippen molar-refractivity contribution in [2.75, 3.05) is 6.79 Å². The van der Waals surface area contributed by atoms with Crippen molar-refractivity contribution in [3.05, 3.63) is 51.8 Å². The van der Waals surface area contributed by atoms with Gasteiger partial charge < -0.3 is 19.2 Å². The highest BCUT2D eigenvalue weighted by Crippen LogP contribution is 2.34. The van der Waals surface area contributed by atoms with Crippen molar-refractivity contribution in [2.24, 2.45) is 0 Å². The van der Waals surface area contributed by atoms with Crippen LogP contribution in [0.3, 0.4) is 0 Å². The number of nitrogens with zero attached hydrogens (tertiary/aromatic N) is 1. The van der Waals surface area contributed by atoms with E-state index in [-0.39, 0.29) is 18.7 Å². The van der Waals surface area contributed by atoms with Crippen LogP contribution in [0.4, 0.5) is 5.88 Å². The molecule has 0 spiro atoms. The molecule has 0 aliphatic carbocycles. The molecule has 0 amide bonds. The van der Waals surface area contributed by atoms with Gasteiger partial charge in [-0.15, -0.1) is 0 Å². The number of hydrogen-bond acceptors (Lipinski definition) is 6. The zero-order valence-electron chi connectivity index (χ0n) is 11.4. The van der Waals surface area contributed by atoms with Gasteiger partial charge in [-0.3, -0.25) is 10.1 Å². The number of fused-ring (bicyclic) bond motifs is 1. The van der Waals surface area contributed by atoms with E-state index in [2.05, 4.69) is 5.32 Å². The van der Waals surface area contributed by atoms with Crippen LogP contribution in [0.15, 0.2) is 34.7 Å². The zero-order chi connectivity index (χ0) is 14.8. The summed E-state index contributed by atoms with van der Waals surface area (Å²) in [4.78, 5) is 10.00. The normalized spacial score (nSPS) is 14.1. The fourth-order valence-electron chi connectivity index (χ4n) is 2.11. The van der Waals surface area contributed by atoms with Crippen molar-refractivity contribution in [1.29, 1.82) is 0 Å². The summed E-state index contributed by atoms with van der Waals surface area (Å²) < 4.78 is 15.7. The SMILES string of the molecule is CC(NCc1ccc([N+](=O)[O-])o1)c1ccc2c(c1)OCO2. The number of ether oxygens (including phenoxy) is 2. The fraction of sp³-hybridized carbons (Fsp3) is 0.286. The Bertz CT molecular complexity index is 667. The van der Waals surface area contributed by atoms with E-state index in [1.165, 1.54) is 6.07 Å². The van der Waals surface area contributed by atoms with Gasteiger partial charge in [-0.25, -0.2) is 0 Å². The molecule has 1 aliphatic heterocycles. The number of hydrogen-bond donors (Lipinski definition) is 1. The topological polar surface area (TPSA) is 86.8 Å². The van der Waals surface area contributed by atoms with Gasteiger partial charge in [-0.1, -0.05) is 6.07 Å². The molecule has 1 aromatic carbocycles. The smallest absolute Gasteiger partial charge is 0.433 e. The van der Waals surface area contributed by atoms with Crippen LogP contribution in [-0.4, -0.2) is 11.7 Å². The minimum absolute atomic E-state index is 0.0451. The van der Waals surface area contributed by atoms with Crippen LogP contribution >= 0.6 is 0 Å². The molecule has 1 aromatic heterocycles. The monoisotopic (exact) mass is 290 g/mol. The first-order valence-electron chi connectivity index (χ1n) is 6.49. The molecule has 1 aliphatic rings. The molecule has 110 valence electrons. The molecule has 0 bridgehead atoms. The van der Waals surface area contributed by atoms with Crippen LogP contribution in [-0.2, 0) is 6.54 Å². The summed E-state index contributed by atoms with van der Waals surface area (Å²) in [6.45, 7) is 2.65. The molecule has 21 heavy (non-hydrogen) atoms. The number of nitro groups is 1. The van der Waals surface area contributed by atoms with Crippen LogP contribution in [0.2, 0.25) is 0 Å². The Morgan fingerprint density at radius 2 is 2.10 bits per heavy atom. The van der Waals surface area contributed by atoms with Crippen molar-refractivity contribution >= 4 is 5.88 Å². The van der Waals surface area contributed by atoms with Crippen LogP contribution in [0, 0.1) is 10.1 Å². The van der Waals surface area contributed by atoms with Gasteiger partial charge in [-0.2, -0.15) is 0 Å². The molecule has 0 fully saturated rings. The predicted octanol–water partition coefficient (Wildman–Crippen LogP) is 2.77. The third-order valence-corrected chi connectivity index (χ3v) is 3.31. The Hall–Kier alpha value is -2.54. The maximum absolute atomic E-state index is 10.5. The molecule has 0 saturated carbocycles. The summed E-state index contributed by atoms with van der Waals surface area (Å²) >= 11 is 0.